The van der Waals surface area contributed by atoms with Gasteiger partial charge in [0.05, 0.1) is 0 Å². The first-order valence-electron chi connectivity index (χ1n) is 5.30. The van der Waals surface area contributed by atoms with Crippen LogP contribution < -0.4 is 0 Å². The van der Waals surface area contributed by atoms with Gasteiger partial charge >= 0.3 is 0 Å². The number of hydrogen-bond donors (Lipinski definition) is 0. The average Bonchev–Trinajstić information content (AvgIpc) is 2.07. The van der Waals surface area contributed by atoms with Gasteiger partial charge in [-0.2, -0.15) is 0 Å². The van der Waals surface area contributed by atoms with Gasteiger partial charge in [0.2, 0.25) is 0 Å². The monoisotopic (exact) mass is 271 g/mol. The molecule has 0 amide bonds. The van der Waals surface area contributed by atoms with Gasteiger partial charge in [-0.15, -0.1) is 6.54 Å². The summed E-state index contributed by atoms with van der Waals surface area (Å²) in [5, 5.41) is 0. The van der Waals surface area contributed by atoms with E-state index in [2.05, 4.69) is 16.8 Å². The van der Waals surface area contributed by atoms with Gasteiger partial charge < -0.3 is 15.5 Å². The summed E-state index contributed by atoms with van der Waals surface area (Å²) < 4.78 is 0. The van der Waals surface area contributed by atoms with Gasteiger partial charge in [-0.1, -0.05) is 0 Å². The summed E-state index contributed by atoms with van der Waals surface area (Å²) in [6, 6.07) is 0. The van der Waals surface area contributed by atoms with Gasteiger partial charge in [0.1, 0.15) is 0 Å². The molecule has 79 valence electrons. The van der Waals surface area contributed by atoms with Crippen molar-refractivity contribution in [2.24, 2.45) is 5.41 Å². The molecule has 4 heteroatoms. The van der Waals surface area contributed by atoms with Crippen LogP contribution in [0.4, 0.5) is 0 Å². The molecule has 0 saturated carbocycles. The van der Waals surface area contributed by atoms with E-state index in [9.17, 15) is 0 Å². The van der Waals surface area contributed by atoms with Crippen molar-refractivity contribution in [2.45, 2.75) is 12.8 Å². The smallest absolute Gasteiger partial charge is 0.00507 e. The van der Waals surface area contributed by atoms with Gasteiger partial charge in [-0.05, 0) is 44.9 Å². The number of likely N-dealkylation sites (tertiary alicyclic amines) is 2. The summed E-state index contributed by atoms with van der Waals surface area (Å²) in [7, 11) is 2.22. The molecule has 0 bridgehead atoms. The molecule has 2 aliphatic heterocycles. The summed E-state index contributed by atoms with van der Waals surface area (Å²) in [5.74, 6) is 0. The molecule has 2 saturated heterocycles. The van der Waals surface area contributed by atoms with E-state index < -0.39 is 0 Å². The summed E-state index contributed by atoms with van der Waals surface area (Å²) >= 11 is 0. The van der Waals surface area contributed by atoms with E-state index in [1.165, 1.54) is 39.0 Å². The fraction of sp³-hybridized carbons (Fsp3) is 1.00. The van der Waals surface area contributed by atoms with Crippen molar-refractivity contribution >= 4 is 0 Å². The molecule has 3 nitrogen and oxygen atoms in total. The van der Waals surface area contributed by atoms with Crippen LogP contribution in [0.5, 0.6) is 0 Å². The predicted molar refractivity (Wildman–Crippen MR) is 54.8 cm³/mol. The zero-order valence-corrected chi connectivity index (χ0v) is 12.0. The first-order valence-corrected chi connectivity index (χ1v) is 5.30. The second-order valence-corrected chi connectivity index (χ2v) is 4.76. The van der Waals surface area contributed by atoms with Gasteiger partial charge in [0, 0.05) is 45.8 Å². The summed E-state index contributed by atoms with van der Waals surface area (Å²) in [4.78, 5) is 4.86. The van der Waals surface area contributed by atoms with Gasteiger partial charge in [0.25, 0.3) is 0 Å². The molecule has 1 radical (unpaired) electrons. The van der Waals surface area contributed by atoms with Crippen molar-refractivity contribution in [3.05, 3.63) is 5.73 Å². The van der Waals surface area contributed by atoms with Crippen molar-refractivity contribution < 1.29 is 32.7 Å². The van der Waals surface area contributed by atoms with Crippen LogP contribution in [0, 0.1) is 5.41 Å². The first kappa shape index (κ1) is 13.1. The standard InChI is InChI=1S/C10H20N3.Y/c1-12-5-2-10(3-6-12)8-13(9-10)7-4-11;/h11H,2-9H2,1H3;/q-1;. The molecule has 0 aromatic heterocycles. The topological polar surface area (TPSA) is 30.3 Å². The Morgan fingerprint density at radius 3 is 2.29 bits per heavy atom. The molecule has 0 atom stereocenters. The Bertz CT molecular complexity index is 170. The van der Waals surface area contributed by atoms with Crippen molar-refractivity contribution in [1.29, 1.82) is 0 Å². The SMILES string of the molecule is CN1CCC2(CC1)CN(CC[NH-])C2.[Y]. The molecule has 2 rings (SSSR count). The van der Waals surface area contributed by atoms with Crippen molar-refractivity contribution in [3.63, 3.8) is 0 Å². The zero-order chi connectivity index (χ0) is 9.31. The Kier molecular flexibility index (Phi) is 4.99. The average molecular weight is 271 g/mol. The maximum absolute atomic E-state index is 7.15. The zero-order valence-electron chi connectivity index (χ0n) is 9.13. The third-order valence-electron chi connectivity index (χ3n) is 3.59. The van der Waals surface area contributed by atoms with E-state index >= 15 is 0 Å². The third-order valence-corrected chi connectivity index (χ3v) is 3.59. The predicted octanol–water partition coefficient (Wildman–Crippen LogP) is 1.06. The van der Waals surface area contributed by atoms with E-state index in [0.717, 1.165) is 6.54 Å². The van der Waals surface area contributed by atoms with Crippen molar-refractivity contribution in [3.8, 4) is 0 Å². The molecular weight excluding hydrogens is 251 g/mol. The summed E-state index contributed by atoms with van der Waals surface area (Å²) in [5.41, 5.74) is 7.81. The van der Waals surface area contributed by atoms with Crippen LogP contribution in [0.15, 0.2) is 0 Å². The molecule has 1 spiro atoms. The normalized spacial score (nSPS) is 27.0. The van der Waals surface area contributed by atoms with E-state index in [1.807, 2.05) is 0 Å². The van der Waals surface area contributed by atoms with E-state index in [4.69, 9.17) is 5.73 Å². The number of nitrogens with zero attached hydrogens (tertiary/aromatic N) is 2. The number of piperidine rings is 1. The quantitative estimate of drug-likeness (QED) is 0.752. The van der Waals surface area contributed by atoms with Crippen molar-refractivity contribution in [1.82, 2.24) is 9.80 Å². The molecule has 14 heavy (non-hydrogen) atoms. The molecule has 0 aliphatic carbocycles. The molecule has 1 N–H and O–H groups in total. The van der Waals surface area contributed by atoms with Crippen LogP contribution in [0.3, 0.4) is 0 Å². The molecule has 2 heterocycles. The van der Waals surface area contributed by atoms with E-state index in [1.54, 1.807) is 0 Å². The summed E-state index contributed by atoms with van der Waals surface area (Å²) in [6.07, 6.45) is 2.75. The van der Waals surface area contributed by atoms with Crippen molar-refractivity contribution in [2.75, 3.05) is 46.3 Å². The van der Waals surface area contributed by atoms with Crippen LogP contribution >= 0.6 is 0 Å². The molecule has 2 aliphatic rings. The minimum Gasteiger partial charge on any atom is -0.676 e. The molecule has 0 aromatic rings. The van der Waals surface area contributed by atoms with Crippen LogP contribution in [0.25, 0.3) is 5.73 Å². The minimum absolute atomic E-state index is 0. The minimum atomic E-state index is 0. The van der Waals surface area contributed by atoms with Gasteiger partial charge in [-0.3, -0.25) is 0 Å². The Labute approximate surface area is 112 Å². The Balaban J connectivity index is 0.000000980. The number of nitrogens with one attached hydrogen (secondary N) is 1. The van der Waals surface area contributed by atoms with E-state index in [-0.39, 0.29) is 32.7 Å². The molecule has 0 unspecified atom stereocenters. The number of hydrogen-bond acceptors (Lipinski definition) is 2. The first-order chi connectivity index (χ1) is 6.24. The van der Waals surface area contributed by atoms with Gasteiger partial charge in [0.15, 0.2) is 0 Å². The second-order valence-electron chi connectivity index (χ2n) is 4.76. The molecular formula is C10H20N3Y-. The second kappa shape index (κ2) is 5.35. The number of rotatable bonds is 2. The maximum atomic E-state index is 7.15. The van der Waals surface area contributed by atoms with Crippen LogP contribution in [-0.2, 0) is 32.7 Å². The van der Waals surface area contributed by atoms with Crippen LogP contribution in [0.2, 0.25) is 0 Å². The van der Waals surface area contributed by atoms with Crippen LogP contribution in [-0.4, -0.2) is 56.1 Å². The van der Waals surface area contributed by atoms with Crippen LogP contribution in [0.1, 0.15) is 12.8 Å². The Hall–Kier alpha value is 0.984. The Morgan fingerprint density at radius 2 is 1.79 bits per heavy atom. The largest absolute Gasteiger partial charge is 0.676 e. The van der Waals surface area contributed by atoms with E-state index in [0.29, 0.717) is 12.0 Å². The van der Waals surface area contributed by atoms with Gasteiger partial charge in [-0.25, -0.2) is 0 Å². The summed E-state index contributed by atoms with van der Waals surface area (Å²) in [6.45, 7) is 6.62. The maximum Gasteiger partial charge on any atom is 0.00507 e. The fourth-order valence-corrected chi connectivity index (χ4v) is 2.63. The third kappa shape index (κ3) is 2.76. The Morgan fingerprint density at radius 1 is 1.21 bits per heavy atom. The molecule has 0 aromatic carbocycles. The molecule has 2 fully saturated rings. The fourth-order valence-electron chi connectivity index (χ4n) is 2.63.